The molecule has 0 unspecified atom stereocenters. The van der Waals surface area contributed by atoms with Crippen LogP contribution < -0.4 is 5.73 Å². The third-order valence-electron chi connectivity index (χ3n) is 3.64. The van der Waals surface area contributed by atoms with Crippen molar-refractivity contribution in [1.82, 2.24) is 0 Å². The van der Waals surface area contributed by atoms with Crippen LogP contribution >= 0.6 is 11.6 Å². The first-order valence-corrected chi connectivity index (χ1v) is 7.11. The fraction of sp³-hybridized carbons (Fsp3) is 0.533. The zero-order chi connectivity index (χ0) is 13.9. The van der Waals surface area contributed by atoms with Crippen LogP contribution in [-0.2, 0) is 16.0 Å². The average Bonchev–Trinajstić information content (AvgIpc) is 2.80. The number of hydrogen-bond acceptors (Lipinski definition) is 3. The molecule has 0 aromatic heterocycles. The van der Waals surface area contributed by atoms with Gasteiger partial charge in [0.25, 0.3) is 0 Å². The lowest BCUT2D eigenvalue weighted by Crippen LogP contribution is -2.40. The van der Waals surface area contributed by atoms with E-state index in [0.717, 1.165) is 42.7 Å². The summed E-state index contributed by atoms with van der Waals surface area (Å²) in [5, 5.41) is 0.719. The highest BCUT2D eigenvalue weighted by molar-refractivity contribution is 6.30. The number of esters is 1. The Morgan fingerprint density at radius 2 is 1.95 bits per heavy atom. The molecule has 104 valence electrons. The van der Waals surface area contributed by atoms with Gasteiger partial charge in [-0.2, -0.15) is 0 Å². The number of carbonyl (C=O) groups is 1. The highest BCUT2D eigenvalue weighted by Gasteiger charge is 2.38. The van der Waals surface area contributed by atoms with E-state index in [0.29, 0.717) is 0 Å². The Balaban J connectivity index is 2.11. The van der Waals surface area contributed by atoms with Crippen LogP contribution in [0.1, 0.15) is 38.2 Å². The van der Waals surface area contributed by atoms with Gasteiger partial charge in [-0.1, -0.05) is 23.7 Å². The molecule has 0 amide bonds. The first kappa shape index (κ1) is 14.4. The number of rotatable bonds is 4. The lowest BCUT2D eigenvalue weighted by atomic mass is 9.92. The molecular weight excluding hydrogens is 262 g/mol. The molecule has 4 heteroatoms. The zero-order valence-corrected chi connectivity index (χ0v) is 12.0. The summed E-state index contributed by atoms with van der Waals surface area (Å²) in [4.78, 5) is 11.8. The summed E-state index contributed by atoms with van der Waals surface area (Å²) in [5.74, 6) is -0.309. The highest BCUT2D eigenvalue weighted by Crippen LogP contribution is 2.36. The SMILES string of the molecule is C[C@H](N)C(=O)OC1(Cc2ccc(Cl)cc2)CCCC1. The summed E-state index contributed by atoms with van der Waals surface area (Å²) in [6.45, 7) is 1.66. The summed E-state index contributed by atoms with van der Waals surface area (Å²) in [5.41, 5.74) is 6.36. The Kier molecular flexibility index (Phi) is 4.48. The summed E-state index contributed by atoms with van der Waals surface area (Å²) in [7, 11) is 0. The topological polar surface area (TPSA) is 52.3 Å². The quantitative estimate of drug-likeness (QED) is 0.863. The molecule has 0 heterocycles. The van der Waals surface area contributed by atoms with E-state index in [-0.39, 0.29) is 11.6 Å². The average molecular weight is 282 g/mol. The second-order valence-electron chi connectivity index (χ2n) is 5.40. The predicted octanol–water partition coefficient (Wildman–Crippen LogP) is 3.09. The van der Waals surface area contributed by atoms with Crippen LogP contribution in [0, 0.1) is 0 Å². The van der Waals surface area contributed by atoms with Crippen LogP contribution in [0.25, 0.3) is 0 Å². The summed E-state index contributed by atoms with van der Waals surface area (Å²) in [6.07, 6.45) is 4.75. The molecule has 1 aromatic carbocycles. The van der Waals surface area contributed by atoms with Gasteiger partial charge >= 0.3 is 5.97 Å². The van der Waals surface area contributed by atoms with Crippen LogP contribution in [0.15, 0.2) is 24.3 Å². The molecule has 0 spiro atoms. The van der Waals surface area contributed by atoms with E-state index in [2.05, 4.69) is 0 Å². The number of ether oxygens (including phenoxy) is 1. The number of nitrogens with two attached hydrogens (primary N) is 1. The first-order chi connectivity index (χ1) is 9.01. The molecule has 0 aliphatic heterocycles. The minimum absolute atomic E-state index is 0.309. The molecular formula is C15H20ClNO2. The molecule has 0 radical (unpaired) electrons. The Labute approximate surface area is 119 Å². The van der Waals surface area contributed by atoms with Crippen LogP contribution in [0.3, 0.4) is 0 Å². The molecule has 1 fully saturated rings. The van der Waals surface area contributed by atoms with Crippen molar-refractivity contribution >= 4 is 17.6 Å². The molecule has 1 atom stereocenters. The molecule has 1 aliphatic rings. The van der Waals surface area contributed by atoms with Gasteiger partial charge in [0.05, 0.1) is 0 Å². The standard InChI is InChI=1S/C15H20ClNO2/c1-11(17)14(18)19-15(8-2-3-9-15)10-12-4-6-13(16)7-5-12/h4-7,11H,2-3,8-10,17H2,1H3/t11-/m0/s1. The van der Waals surface area contributed by atoms with E-state index in [9.17, 15) is 4.79 Å². The van der Waals surface area contributed by atoms with Crippen LogP contribution in [0.2, 0.25) is 5.02 Å². The van der Waals surface area contributed by atoms with Crippen molar-refractivity contribution < 1.29 is 9.53 Å². The van der Waals surface area contributed by atoms with E-state index in [1.165, 1.54) is 0 Å². The molecule has 3 nitrogen and oxygen atoms in total. The summed E-state index contributed by atoms with van der Waals surface area (Å²) >= 11 is 5.89. The van der Waals surface area contributed by atoms with E-state index in [1.54, 1.807) is 6.92 Å². The molecule has 2 rings (SSSR count). The van der Waals surface area contributed by atoms with Gasteiger partial charge in [0.2, 0.25) is 0 Å². The van der Waals surface area contributed by atoms with Crippen molar-refractivity contribution in [2.24, 2.45) is 5.73 Å². The largest absolute Gasteiger partial charge is 0.458 e. The lowest BCUT2D eigenvalue weighted by Gasteiger charge is -2.30. The smallest absolute Gasteiger partial charge is 0.323 e. The van der Waals surface area contributed by atoms with E-state index in [4.69, 9.17) is 22.1 Å². The van der Waals surface area contributed by atoms with Gasteiger partial charge in [0.1, 0.15) is 11.6 Å². The molecule has 19 heavy (non-hydrogen) atoms. The van der Waals surface area contributed by atoms with Crippen LogP contribution in [0.5, 0.6) is 0 Å². The van der Waals surface area contributed by atoms with Gasteiger partial charge in [0.15, 0.2) is 0 Å². The fourth-order valence-corrected chi connectivity index (χ4v) is 2.74. The molecule has 1 aliphatic carbocycles. The van der Waals surface area contributed by atoms with Gasteiger partial charge in [-0.15, -0.1) is 0 Å². The van der Waals surface area contributed by atoms with E-state index in [1.807, 2.05) is 24.3 Å². The normalized spacial score (nSPS) is 19.1. The van der Waals surface area contributed by atoms with Gasteiger partial charge < -0.3 is 10.5 Å². The molecule has 2 N–H and O–H groups in total. The first-order valence-electron chi connectivity index (χ1n) is 6.74. The third kappa shape index (κ3) is 3.71. The molecule has 0 bridgehead atoms. The van der Waals surface area contributed by atoms with Crippen molar-refractivity contribution in [1.29, 1.82) is 0 Å². The fourth-order valence-electron chi connectivity index (χ4n) is 2.61. The Hall–Kier alpha value is -1.06. The minimum Gasteiger partial charge on any atom is -0.458 e. The highest BCUT2D eigenvalue weighted by atomic mass is 35.5. The molecule has 1 aromatic rings. The number of halogens is 1. The summed E-state index contributed by atoms with van der Waals surface area (Å²) in [6, 6.07) is 7.15. The lowest BCUT2D eigenvalue weighted by molar-refractivity contribution is -0.160. The maximum atomic E-state index is 11.8. The summed E-state index contributed by atoms with van der Waals surface area (Å²) < 4.78 is 5.70. The molecule has 1 saturated carbocycles. The third-order valence-corrected chi connectivity index (χ3v) is 3.90. The predicted molar refractivity (Wildman–Crippen MR) is 76.1 cm³/mol. The maximum absolute atomic E-state index is 11.8. The monoisotopic (exact) mass is 281 g/mol. The van der Waals surface area contributed by atoms with Crippen molar-refractivity contribution in [2.75, 3.05) is 0 Å². The number of carbonyl (C=O) groups excluding carboxylic acids is 1. The van der Waals surface area contributed by atoms with Gasteiger partial charge in [-0.3, -0.25) is 4.79 Å². The van der Waals surface area contributed by atoms with E-state index < -0.39 is 6.04 Å². The van der Waals surface area contributed by atoms with Gasteiger partial charge in [0, 0.05) is 11.4 Å². The van der Waals surface area contributed by atoms with Gasteiger partial charge in [-0.25, -0.2) is 0 Å². The Morgan fingerprint density at radius 3 is 2.47 bits per heavy atom. The minimum atomic E-state index is -0.567. The zero-order valence-electron chi connectivity index (χ0n) is 11.2. The van der Waals surface area contributed by atoms with E-state index >= 15 is 0 Å². The van der Waals surface area contributed by atoms with Crippen molar-refractivity contribution in [3.63, 3.8) is 0 Å². The van der Waals surface area contributed by atoms with Crippen molar-refractivity contribution in [2.45, 2.75) is 50.7 Å². The number of benzene rings is 1. The Morgan fingerprint density at radius 1 is 1.37 bits per heavy atom. The second kappa shape index (κ2) is 5.93. The van der Waals surface area contributed by atoms with Crippen LogP contribution in [-0.4, -0.2) is 17.6 Å². The maximum Gasteiger partial charge on any atom is 0.323 e. The van der Waals surface area contributed by atoms with Crippen molar-refractivity contribution in [3.8, 4) is 0 Å². The van der Waals surface area contributed by atoms with Crippen molar-refractivity contribution in [3.05, 3.63) is 34.9 Å². The number of hydrogen-bond donors (Lipinski definition) is 1. The van der Waals surface area contributed by atoms with Gasteiger partial charge in [-0.05, 0) is 50.3 Å². The Bertz CT molecular complexity index is 436. The molecule has 0 saturated heterocycles. The van der Waals surface area contributed by atoms with Crippen LogP contribution in [0.4, 0.5) is 0 Å². The second-order valence-corrected chi connectivity index (χ2v) is 5.84.